The van der Waals surface area contributed by atoms with Gasteiger partial charge in [0.1, 0.15) is 6.29 Å². The van der Waals surface area contributed by atoms with Gasteiger partial charge in [-0.25, -0.2) is 0 Å². The number of aldehydes is 1. The summed E-state index contributed by atoms with van der Waals surface area (Å²) in [5.74, 6) is 0. The van der Waals surface area contributed by atoms with Gasteiger partial charge < -0.3 is 0 Å². The van der Waals surface area contributed by atoms with E-state index in [0.29, 0.717) is 0 Å². The van der Waals surface area contributed by atoms with E-state index in [1.165, 1.54) is 11.6 Å². The van der Waals surface area contributed by atoms with Gasteiger partial charge >= 0.3 is 0 Å². The largest absolute Gasteiger partial charge is 0.299 e. The molecule has 13 heavy (non-hydrogen) atoms. The lowest BCUT2D eigenvalue weighted by Gasteiger charge is -1.94. The quantitative estimate of drug-likeness (QED) is 0.506. The van der Waals surface area contributed by atoms with Crippen molar-refractivity contribution in [3.8, 4) is 0 Å². The molecule has 1 aromatic carbocycles. The van der Waals surface area contributed by atoms with E-state index < -0.39 is 0 Å². The molecule has 0 saturated heterocycles. The summed E-state index contributed by atoms with van der Waals surface area (Å²) in [5.41, 5.74) is 2.21. The molecular weight excluding hydrogens is 160 g/mol. The predicted octanol–water partition coefficient (Wildman–Crippen LogP) is 2.93. The van der Waals surface area contributed by atoms with Gasteiger partial charge in [-0.2, -0.15) is 0 Å². The summed E-state index contributed by atoms with van der Waals surface area (Å²) >= 11 is 0. The minimum Gasteiger partial charge on any atom is -0.299 e. The van der Waals surface area contributed by atoms with Crippen LogP contribution in [0.4, 0.5) is 0 Å². The van der Waals surface area contributed by atoms with Crippen molar-refractivity contribution in [3.05, 3.63) is 47.5 Å². The molecule has 1 aromatic rings. The summed E-state index contributed by atoms with van der Waals surface area (Å²) in [5, 5.41) is 0. The van der Waals surface area contributed by atoms with Crippen molar-refractivity contribution in [2.75, 3.05) is 0 Å². The highest BCUT2D eigenvalue weighted by molar-refractivity contribution is 5.74. The predicted molar refractivity (Wildman–Crippen MR) is 56.2 cm³/mol. The number of carbonyl (C=O) groups excluding carboxylic acids is 1. The van der Waals surface area contributed by atoms with Crippen LogP contribution in [-0.2, 0) is 4.79 Å². The molecule has 0 bridgehead atoms. The van der Waals surface area contributed by atoms with Gasteiger partial charge in [0.05, 0.1) is 0 Å². The second-order valence-electron chi connectivity index (χ2n) is 2.66. The molecule has 0 heterocycles. The van der Waals surface area contributed by atoms with Crippen LogP contribution in [0, 0.1) is 0 Å². The highest BCUT2D eigenvalue weighted by Crippen LogP contribution is 2.07. The molecule has 1 rings (SSSR count). The number of hydrogen-bond acceptors (Lipinski definition) is 1. The molecule has 0 aromatic heterocycles. The lowest BCUT2D eigenvalue weighted by Crippen LogP contribution is -1.74. The Labute approximate surface area is 78.4 Å². The zero-order valence-electron chi connectivity index (χ0n) is 7.60. The monoisotopic (exact) mass is 172 g/mol. The summed E-state index contributed by atoms with van der Waals surface area (Å²) in [4.78, 5) is 10.0. The summed E-state index contributed by atoms with van der Waals surface area (Å²) < 4.78 is 0. The van der Waals surface area contributed by atoms with Gasteiger partial charge in [0, 0.05) is 0 Å². The Morgan fingerprint density at radius 1 is 1.00 bits per heavy atom. The molecule has 0 fully saturated rings. The fraction of sp³-hybridized carbons (Fsp3) is 0.0833. The SMILES string of the molecule is CC=Cc1ccc(C=CC=O)cc1. The van der Waals surface area contributed by atoms with Crippen molar-refractivity contribution in [2.24, 2.45) is 0 Å². The standard InChI is InChI=1S/C12H12O/c1-2-4-11-6-8-12(9-7-11)5-3-10-13/h2-10H,1H3. The minimum absolute atomic E-state index is 0.778. The molecule has 0 spiro atoms. The van der Waals surface area contributed by atoms with Gasteiger partial charge in [-0.1, -0.05) is 42.5 Å². The van der Waals surface area contributed by atoms with Crippen molar-refractivity contribution in [1.29, 1.82) is 0 Å². The van der Waals surface area contributed by atoms with Gasteiger partial charge in [-0.05, 0) is 24.1 Å². The fourth-order valence-electron chi connectivity index (χ4n) is 1.06. The van der Waals surface area contributed by atoms with Crippen LogP contribution in [0.1, 0.15) is 18.1 Å². The normalized spacial score (nSPS) is 11.2. The first-order valence-electron chi connectivity index (χ1n) is 4.21. The van der Waals surface area contributed by atoms with Gasteiger partial charge in [0.25, 0.3) is 0 Å². The van der Waals surface area contributed by atoms with Crippen molar-refractivity contribution in [1.82, 2.24) is 0 Å². The summed E-state index contributed by atoms with van der Waals surface area (Å²) in [7, 11) is 0. The Morgan fingerprint density at radius 3 is 2.00 bits per heavy atom. The van der Waals surface area contributed by atoms with Crippen LogP contribution in [0.5, 0.6) is 0 Å². The molecule has 0 aliphatic heterocycles. The van der Waals surface area contributed by atoms with Crippen LogP contribution >= 0.6 is 0 Å². The summed E-state index contributed by atoms with van der Waals surface area (Å²) in [6.45, 7) is 1.99. The minimum atomic E-state index is 0.778. The van der Waals surface area contributed by atoms with Crippen molar-refractivity contribution >= 4 is 18.4 Å². The third kappa shape index (κ3) is 3.08. The zero-order valence-corrected chi connectivity index (χ0v) is 7.60. The van der Waals surface area contributed by atoms with E-state index in [1.807, 2.05) is 43.3 Å². The lowest BCUT2D eigenvalue weighted by molar-refractivity contribution is -0.104. The molecule has 0 aliphatic rings. The average Bonchev–Trinajstić information content (AvgIpc) is 2.17. The highest BCUT2D eigenvalue weighted by atomic mass is 16.1. The molecule has 0 unspecified atom stereocenters. The van der Waals surface area contributed by atoms with E-state index in [2.05, 4.69) is 0 Å². The third-order valence-corrected chi connectivity index (χ3v) is 1.66. The topological polar surface area (TPSA) is 17.1 Å². The third-order valence-electron chi connectivity index (χ3n) is 1.66. The van der Waals surface area contributed by atoms with Crippen LogP contribution in [0.15, 0.2) is 36.4 Å². The molecule has 0 aliphatic carbocycles. The number of hydrogen-bond donors (Lipinski definition) is 0. The molecule has 0 amide bonds. The lowest BCUT2D eigenvalue weighted by atomic mass is 10.1. The number of carbonyl (C=O) groups is 1. The molecule has 0 N–H and O–H groups in total. The van der Waals surface area contributed by atoms with Gasteiger partial charge in [-0.3, -0.25) is 4.79 Å². The highest BCUT2D eigenvalue weighted by Gasteiger charge is 1.86. The Balaban J connectivity index is 2.80. The number of allylic oxidation sites excluding steroid dienone is 2. The first-order valence-corrected chi connectivity index (χ1v) is 4.21. The van der Waals surface area contributed by atoms with Gasteiger partial charge in [-0.15, -0.1) is 0 Å². The van der Waals surface area contributed by atoms with Gasteiger partial charge in [0.15, 0.2) is 0 Å². The zero-order chi connectivity index (χ0) is 9.52. The summed E-state index contributed by atoms with van der Waals surface area (Å²) in [6.07, 6.45) is 8.08. The molecule has 0 radical (unpaired) electrons. The van der Waals surface area contributed by atoms with Crippen LogP contribution < -0.4 is 0 Å². The second-order valence-corrected chi connectivity index (χ2v) is 2.66. The van der Waals surface area contributed by atoms with E-state index in [1.54, 1.807) is 6.08 Å². The summed E-state index contributed by atoms with van der Waals surface area (Å²) in [6, 6.07) is 8.00. The molecular formula is C12H12O. The molecule has 1 heteroatoms. The van der Waals surface area contributed by atoms with Crippen molar-refractivity contribution in [2.45, 2.75) is 6.92 Å². The first kappa shape index (κ1) is 9.46. The Hall–Kier alpha value is -1.63. The van der Waals surface area contributed by atoms with Crippen LogP contribution in [0.3, 0.4) is 0 Å². The maximum atomic E-state index is 10.0. The van der Waals surface area contributed by atoms with E-state index in [-0.39, 0.29) is 0 Å². The molecule has 0 atom stereocenters. The van der Waals surface area contributed by atoms with Crippen LogP contribution in [-0.4, -0.2) is 6.29 Å². The average molecular weight is 172 g/mol. The first-order chi connectivity index (χ1) is 6.36. The number of benzene rings is 1. The van der Waals surface area contributed by atoms with Crippen molar-refractivity contribution < 1.29 is 4.79 Å². The Kier molecular flexibility index (Phi) is 3.71. The van der Waals surface area contributed by atoms with E-state index in [0.717, 1.165) is 11.8 Å². The smallest absolute Gasteiger partial charge is 0.142 e. The Bertz CT molecular complexity index is 317. The van der Waals surface area contributed by atoms with E-state index in [9.17, 15) is 4.79 Å². The molecule has 1 nitrogen and oxygen atoms in total. The second kappa shape index (κ2) is 5.09. The number of rotatable bonds is 3. The van der Waals surface area contributed by atoms with Crippen LogP contribution in [0.2, 0.25) is 0 Å². The maximum absolute atomic E-state index is 10.0. The fourth-order valence-corrected chi connectivity index (χ4v) is 1.06. The van der Waals surface area contributed by atoms with E-state index >= 15 is 0 Å². The maximum Gasteiger partial charge on any atom is 0.142 e. The molecule has 66 valence electrons. The van der Waals surface area contributed by atoms with E-state index in [4.69, 9.17) is 0 Å². The van der Waals surface area contributed by atoms with Crippen LogP contribution in [0.25, 0.3) is 12.2 Å². The molecule has 0 saturated carbocycles. The van der Waals surface area contributed by atoms with Crippen molar-refractivity contribution in [3.63, 3.8) is 0 Å². The van der Waals surface area contributed by atoms with Gasteiger partial charge in [0.2, 0.25) is 0 Å². The Morgan fingerprint density at radius 2 is 1.54 bits per heavy atom.